The fourth-order valence-corrected chi connectivity index (χ4v) is 8.04. The molecule has 3 aromatic heterocycles. The van der Waals surface area contributed by atoms with Gasteiger partial charge in [0, 0.05) is 11.9 Å². The normalized spacial score (nSPS) is 15.9. The van der Waals surface area contributed by atoms with Crippen LogP contribution in [-0.4, -0.2) is 50.1 Å². The first-order valence-electron chi connectivity index (χ1n) is 16.2. The Balaban J connectivity index is 1.30. The summed E-state index contributed by atoms with van der Waals surface area (Å²) in [6.45, 7) is 6.51. The molecule has 1 aliphatic rings. The van der Waals surface area contributed by atoms with Crippen LogP contribution in [0, 0.1) is 12.8 Å². The van der Waals surface area contributed by atoms with Gasteiger partial charge in [-0.15, -0.1) is 10.2 Å². The molecule has 1 atom stereocenters. The fourth-order valence-electron chi connectivity index (χ4n) is 6.17. The number of aromatic nitrogens is 4. The van der Waals surface area contributed by atoms with Gasteiger partial charge in [-0.05, 0) is 65.4 Å². The average molecular weight is 706 g/mol. The Morgan fingerprint density at radius 3 is 2.62 bits per heavy atom. The minimum Gasteiger partial charge on any atom is -0.505 e. The van der Waals surface area contributed by atoms with Crippen molar-refractivity contribution < 1.29 is 24.2 Å². The van der Waals surface area contributed by atoms with Crippen molar-refractivity contribution in [1.29, 1.82) is 0 Å². The number of ketones is 1. The van der Waals surface area contributed by atoms with E-state index in [1.807, 2.05) is 30.3 Å². The Morgan fingerprint density at radius 2 is 1.80 bits per heavy atom. The quantitative estimate of drug-likeness (QED) is 0.0470. The number of hydrogen-bond donors (Lipinski definition) is 1. The highest BCUT2D eigenvalue weighted by Gasteiger charge is 2.49. The van der Waals surface area contributed by atoms with Gasteiger partial charge in [0.15, 0.2) is 21.6 Å². The van der Waals surface area contributed by atoms with Gasteiger partial charge in [-0.1, -0.05) is 91.5 Å². The van der Waals surface area contributed by atoms with Gasteiger partial charge in [0.05, 0.1) is 31.0 Å². The predicted octanol–water partition coefficient (Wildman–Crippen LogP) is 8.00. The number of pyridine rings is 1. The van der Waals surface area contributed by atoms with Crippen molar-refractivity contribution in [3.8, 4) is 11.5 Å². The van der Waals surface area contributed by atoms with Gasteiger partial charge >= 0.3 is 5.91 Å². The number of amides is 1. The summed E-state index contributed by atoms with van der Waals surface area (Å²) in [5.41, 5.74) is 3.03. The maximum Gasteiger partial charge on any atom is 0.301 e. The molecule has 6 aromatic rings. The number of carbonyl (C=O) groups excluding carboxylic acids is 2. The molecule has 12 heteroatoms. The third-order valence-corrected chi connectivity index (χ3v) is 10.8. The van der Waals surface area contributed by atoms with E-state index in [0.29, 0.717) is 56.7 Å². The molecule has 1 N–H and O–H groups in total. The van der Waals surface area contributed by atoms with Crippen LogP contribution in [0.4, 0.5) is 5.13 Å². The molecule has 1 unspecified atom stereocenters. The van der Waals surface area contributed by atoms with E-state index in [1.165, 1.54) is 35.1 Å². The molecular weight excluding hydrogens is 671 g/mol. The van der Waals surface area contributed by atoms with Crippen LogP contribution >= 0.6 is 23.1 Å². The number of aliphatic hydroxyl groups is 1. The zero-order valence-electron chi connectivity index (χ0n) is 28.0. The molecule has 0 spiro atoms. The molecular formula is C38H35N5O5S2. The lowest BCUT2D eigenvalue weighted by molar-refractivity contribution is -0.132. The standard InChI is InChI=1S/C38H35N5O5S2/c1-22(2)17-19-48-28-16-15-25(20-29(28)47-4)33-31(34(44)32-23(3)39-30-14-7-8-18-42(30)32)35(45)36(46)43(33)37-40-41-38(50-37)49-21-26-12-9-11-24-10-5-6-13-27(24)26/h5-16,18,20,22,33,44H,17,19,21H2,1-4H3. The summed E-state index contributed by atoms with van der Waals surface area (Å²) < 4.78 is 14.1. The minimum absolute atomic E-state index is 0.0839. The van der Waals surface area contributed by atoms with E-state index >= 15 is 0 Å². The van der Waals surface area contributed by atoms with E-state index in [0.717, 1.165) is 22.8 Å². The number of Topliss-reactive ketones (excluding diaryl/α,β-unsaturated/α-hetero) is 1. The Kier molecular flexibility index (Phi) is 9.30. The monoisotopic (exact) mass is 705 g/mol. The van der Waals surface area contributed by atoms with Crippen LogP contribution in [0.2, 0.25) is 0 Å². The van der Waals surface area contributed by atoms with Gasteiger partial charge < -0.3 is 14.6 Å². The molecule has 1 aliphatic heterocycles. The Bertz CT molecular complexity index is 2270. The average Bonchev–Trinajstić information content (AvgIpc) is 3.80. The Morgan fingerprint density at radius 1 is 1.00 bits per heavy atom. The molecule has 0 saturated carbocycles. The zero-order valence-corrected chi connectivity index (χ0v) is 29.6. The Labute approximate surface area is 297 Å². The summed E-state index contributed by atoms with van der Waals surface area (Å²) in [4.78, 5) is 33.8. The smallest absolute Gasteiger partial charge is 0.301 e. The molecule has 10 nitrogen and oxygen atoms in total. The van der Waals surface area contributed by atoms with Crippen LogP contribution in [0.3, 0.4) is 0 Å². The highest BCUT2D eigenvalue weighted by Crippen LogP contribution is 2.46. The zero-order chi connectivity index (χ0) is 34.9. The second-order valence-electron chi connectivity index (χ2n) is 12.4. The number of aryl methyl sites for hydroxylation is 1. The lowest BCUT2D eigenvalue weighted by Gasteiger charge is -2.23. The third kappa shape index (κ3) is 6.20. The van der Waals surface area contributed by atoms with E-state index in [4.69, 9.17) is 9.47 Å². The number of anilines is 1. The van der Waals surface area contributed by atoms with E-state index in [-0.39, 0.29) is 16.5 Å². The van der Waals surface area contributed by atoms with Crippen LogP contribution in [0.1, 0.15) is 48.8 Å². The summed E-state index contributed by atoms with van der Waals surface area (Å²) in [7, 11) is 1.54. The molecule has 3 aromatic carbocycles. The molecule has 50 heavy (non-hydrogen) atoms. The molecule has 1 saturated heterocycles. The maximum atomic E-state index is 14.0. The summed E-state index contributed by atoms with van der Waals surface area (Å²) in [5, 5.41) is 23.3. The first-order valence-corrected chi connectivity index (χ1v) is 18.0. The van der Waals surface area contributed by atoms with Crippen molar-refractivity contribution in [2.75, 3.05) is 18.6 Å². The minimum atomic E-state index is -1.04. The SMILES string of the molecule is COc1cc(C2C(=C(O)c3c(C)nc4ccccn34)C(=O)C(=O)N2c2nnc(SCc3cccc4ccccc34)s2)ccc1OCCC(C)C. The molecule has 0 aliphatic carbocycles. The third-order valence-electron chi connectivity index (χ3n) is 8.66. The fraction of sp³-hybridized carbons (Fsp3) is 0.237. The van der Waals surface area contributed by atoms with Gasteiger partial charge in [0.2, 0.25) is 5.13 Å². The van der Waals surface area contributed by atoms with Crippen LogP contribution in [0.5, 0.6) is 11.5 Å². The lowest BCUT2D eigenvalue weighted by atomic mass is 9.96. The van der Waals surface area contributed by atoms with Gasteiger partial charge in [0.25, 0.3) is 5.78 Å². The summed E-state index contributed by atoms with van der Waals surface area (Å²) in [6, 6.07) is 24.1. The van der Waals surface area contributed by atoms with Gasteiger partial charge in [-0.25, -0.2) is 4.98 Å². The first kappa shape index (κ1) is 33.3. The number of carbonyl (C=O) groups is 2. The molecule has 1 amide bonds. The number of rotatable bonds is 11. The lowest BCUT2D eigenvalue weighted by Crippen LogP contribution is -2.29. The van der Waals surface area contributed by atoms with Crippen LogP contribution in [0.15, 0.2) is 95.0 Å². The second-order valence-corrected chi connectivity index (χ2v) is 14.5. The van der Waals surface area contributed by atoms with E-state index in [9.17, 15) is 14.7 Å². The van der Waals surface area contributed by atoms with E-state index in [1.54, 1.807) is 41.8 Å². The predicted molar refractivity (Wildman–Crippen MR) is 196 cm³/mol. The molecule has 254 valence electrons. The maximum absolute atomic E-state index is 14.0. The second kappa shape index (κ2) is 14.0. The van der Waals surface area contributed by atoms with Gasteiger partial charge in [-0.3, -0.25) is 18.9 Å². The van der Waals surface area contributed by atoms with Crippen molar-refractivity contribution in [2.45, 2.75) is 43.3 Å². The van der Waals surface area contributed by atoms with Crippen LogP contribution < -0.4 is 14.4 Å². The number of hydrogen-bond acceptors (Lipinski definition) is 10. The summed E-state index contributed by atoms with van der Waals surface area (Å²) >= 11 is 2.72. The van der Waals surface area contributed by atoms with Crippen molar-refractivity contribution >= 4 is 62.1 Å². The molecule has 7 rings (SSSR count). The van der Waals surface area contributed by atoms with Gasteiger partial charge in [-0.2, -0.15) is 0 Å². The van der Waals surface area contributed by atoms with Crippen LogP contribution in [0.25, 0.3) is 22.2 Å². The summed E-state index contributed by atoms with van der Waals surface area (Å²) in [6.07, 6.45) is 2.62. The number of fused-ring (bicyclic) bond motifs is 2. The largest absolute Gasteiger partial charge is 0.505 e. The van der Waals surface area contributed by atoms with Crippen LogP contribution in [-0.2, 0) is 15.3 Å². The molecule has 0 bridgehead atoms. The van der Waals surface area contributed by atoms with Crippen molar-refractivity contribution in [3.63, 3.8) is 0 Å². The number of aliphatic hydroxyl groups excluding tert-OH is 1. The van der Waals surface area contributed by atoms with E-state index in [2.05, 4.69) is 53.3 Å². The number of ether oxygens (including phenoxy) is 2. The number of nitrogens with zero attached hydrogens (tertiary/aromatic N) is 5. The molecule has 4 heterocycles. The number of thioether (sulfide) groups is 1. The first-order chi connectivity index (χ1) is 24.2. The van der Waals surface area contributed by atoms with E-state index < -0.39 is 17.7 Å². The number of methoxy groups -OCH3 is 1. The molecule has 0 radical (unpaired) electrons. The van der Waals surface area contributed by atoms with Gasteiger partial charge in [0.1, 0.15) is 11.3 Å². The highest BCUT2D eigenvalue weighted by atomic mass is 32.2. The highest BCUT2D eigenvalue weighted by molar-refractivity contribution is 8.00. The number of benzene rings is 3. The van der Waals surface area contributed by atoms with Crippen molar-refractivity contribution in [1.82, 2.24) is 19.6 Å². The number of imidazole rings is 1. The van der Waals surface area contributed by atoms with Crippen molar-refractivity contribution in [3.05, 3.63) is 113 Å². The molecule has 1 fully saturated rings. The topological polar surface area (TPSA) is 119 Å². The Hall–Kier alpha value is -5.20. The van der Waals surface area contributed by atoms with Crippen molar-refractivity contribution in [2.24, 2.45) is 5.92 Å². The summed E-state index contributed by atoms with van der Waals surface area (Å²) in [5.74, 6) is 0.0842.